The molecule has 0 radical (unpaired) electrons. The van der Waals surface area contributed by atoms with Crippen molar-refractivity contribution < 1.29 is 14.6 Å². The van der Waals surface area contributed by atoms with E-state index in [1.54, 1.807) is 12.2 Å². The summed E-state index contributed by atoms with van der Waals surface area (Å²) in [6, 6.07) is 0. The van der Waals surface area contributed by atoms with Crippen LogP contribution in [0.5, 0.6) is 0 Å². The summed E-state index contributed by atoms with van der Waals surface area (Å²) in [7, 11) is 0. The molecule has 0 saturated carbocycles. The number of aliphatic hydroxyl groups is 1. The number of carbonyl (C=O) groups excluding carboxylic acids is 1. The summed E-state index contributed by atoms with van der Waals surface area (Å²) in [5.41, 5.74) is 0. The van der Waals surface area contributed by atoms with E-state index in [2.05, 4.69) is 0 Å². The summed E-state index contributed by atoms with van der Waals surface area (Å²) < 4.78 is 4.84. The van der Waals surface area contributed by atoms with Crippen molar-refractivity contribution in [3.8, 4) is 0 Å². The van der Waals surface area contributed by atoms with Gasteiger partial charge in [0.2, 0.25) is 0 Å². The van der Waals surface area contributed by atoms with Gasteiger partial charge in [0.25, 0.3) is 0 Å². The first kappa shape index (κ1) is 8.27. The van der Waals surface area contributed by atoms with E-state index >= 15 is 0 Å². The summed E-state index contributed by atoms with van der Waals surface area (Å²) in [6.45, 7) is 1.82. The highest BCUT2D eigenvalue weighted by atomic mass is 16.6. The molecule has 1 rings (SSSR count). The van der Waals surface area contributed by atoms with E-state index in [1.807, 2.05) is 6.92 Å². The maximum Gasteiger partial charge on any atom is 0.306 e. The van der Waals surface area contributed by atoms with Gasteiger partial charge in [0.05, 0.1) is 0 Å². The summed E-state index contributed by atoms with van der Waals surface area (Å²) in [4.78, 5) is 10.6. The van der Waals surface area contributed by atoms with Gasteiger partial charge >= 0.3 is 5.97 Å². The van der Waals surface area contributed by atoms with E-state index in [9.17, 15) is 9.90 Å². The normalized spacial score (nSPS) is 27.5. The molecule has 1 N–H and O–H groups in total. The minimum absolute atomic E-state index is 0.210. The van der Waals surface area contributed by atoms with Gasteiger partial charge in [-0.3, -0.25) is 4.79 Å². The van der Waals surface area contributed by atoms with Crippen LogP contribution in [0.15, 0.2) is 12.2 Å². The number of cyclic esters (lactones) is 1. The number of allylic oxidation sites excluding steroid dienone is 1. The fourth-order valence-electron chi connectivity index (χ4n) is 1.11. The molecular weight excluding hydrogens is 144 g/mol. The van der Waals surface area contributed by atoms with Crippen LogP contribution in [0.1, 0.15) is 19.8 Å². The first-order chi connectivity index (χ1) is 5.24. The number of carbonyl (C=O) groups is 1. The Morgan fingerprint density at radius 1 is 1.82 bits per heavy atom. The van der Waals surface area contributed by atoms with Crippen molar-refractivity contribution in [2.24, 2.45) is 0 Å². The average Bonchev–Trinajstić information content (AvgIpc) is 2.36. The van der Waals surface area contributed by atoms with Gasteiger partial charge < -0.3 is 9.84 Å². The minimum atomic E-state index is -0.633. The molecule has 11 heavy (non-hydrogen) atoms. The van der Waals surface area contributed by atoms with Crippen molar-refractivity contribution in [2.75, 3.05) is 0 Å². The Morgan fingerprint density at radius 3 is 3.00 bits per heavy atom. The lowest BCUT2D eigenvalue weighted by molar-refractivity contribution is -0.144. The molecule has 0 amide bonds. The molecule has 3 nitrogen and oxygen atoms in total. The third kappa shape index (κ3) is 2.05. The van der Waals surface area contributed by atoms with Gasteiger partial charge in [0, 0.05) is 6.42 Å². The topological polar surface area (TPSA) is 46.5 Å². The predicted octanol–water partition coefficient (Wildman–Crippen LogP) is 0.629. The highest BCUT2D eigenvalue weighted by Crippen LogP contribution is 2.17. The molecule has 1 aliphatic rings. The van der Waals surface area contributed by atoms with Gasteiger partial charge in [-0.25, -0.2) is 0 Å². The van der Waals surface area contributed by atoms with Crippen LogP contribution in [-0.2, 0) is 9.53 Å². The zero-order valence-corrected chi connectivity index (χ0v) is 6.49. The second-order valence-electron chi connectivity index (χ2n) is 2.58. The lowest BCUT2D eigenvalue weighted by Crippen LogP contribution is -2.23. The maximum absolute atomic E-state index is 10.6. The lowest BCUT2D eigenvalue weighted by atomic mass is 10.1. The molecule has 1 fully saturated rings. The van der Waals surface area contributed by atoms with Crippen LogP contribution < -0.4 is 0 Å². The Bertz CT molecular complexity index is 174. The van der Waals surface area contributed by atoms with Crippen molar-refractivity contribution in [3.05, 3.63) is 12.2 Å². The predicted molar refractivity (Wildman–Crippen MR) is 39.9 cm³/mol. The van der Waals surface area contributed by atoms with E-state index in [0.29, 0.717) is 12.8 Å². The van der Waals surface area contributed by atoms with Gasteiger partial charge in [-0.1, -0.05) is 12.2 Å². The van der Waals surface area contributed by atoms with E-state index in [0.717, 1.165) is 0 Å². The molecule has 2 atom stereocenters. The Kier molecular flexibility index (Phi) is 2.65. The summed E-state index contributed by atoms with van der Waals surface area (Å²) in [5.74, 6) is -0.210. The Morgan fingerprint density at radius 2 is 2.55 bits per heavy atom. The molecular formula is C8H12O3. The molecule has 1 heterocycles. The molecule has 0 aromatic heterocycles. The summed E-state index contributed by atoms with van der Waals surface area (Å²) in [6.07, 6.45) is 3.48. The fraction of sp³-hybridized carbons (Fsp3) is 0.625. The number of aliphatic hydroxyl groups excluding tert-OH is 1. The van der Waals surface area contributed by atoms with Gasteiger partial charge in [-0.15, -0.1) is 0 Å². The Labute approximate surface area is 65.7 Å². The number of hydrogen-bond acceptors (Lipinski definition) is 3. The van der Waals surface area contributed by atoms with Gasteiger partial charge in [0.15, 0.2) is 0 Å². The second kappa shape index (κ2) is 3.53. The minimum Gasteiger partial charge on any atom is -0.459 e. The monoisotopic (exact) mass is 156 g/mol. The van der Waals surface area contributed by atoms with E-state index in [4.69, 9.17) is 4.74 Å². The number of ether oxygens (including phenoxy) is 1. The molecule has 0 aromatic carbocycles. The van der Waals surface area contributed by atoms with Crippen LogP contribution in [0.4, 0.5) is 0 Å². The number of hydrogen-bond donors (Lipinski definition) is 1. The van der Waals surface area contributed by atoms with E-state index in [-0.39, 0.29) is 12.1 Å². The van der Waals surface area contributed by atoms with Crippen LogP contribution in [0.3, 0.4) is 0 Å². The molecule has 0 spiro atoms. The molecule has 0 aromatic rings. The molecule has 62 valence electrons. The van der Waals surface area contributed by atoms with Crippen molar-refractivity contribution in [1.29, 1.82) is 0 Å². The quantitative estimate of drug-likeness (QED) is 0.471. The van der Waals surface area contributed by atoms with Crippen LogP contribution in [0.25, 0.3) is 0 Å². The largest absolute Gasteiger partial charge is 0.459 e. The van der Waals surface area contributed by atoms with Crippen LogP contribution in [0, 0.1) is 0 Å². The van der Waals surface area contributed by atoms with Gasteiger partial charge in [-0.2, -0.15) is 0 Å². The molecule has 0 unspecified atom stereocenters. The van der Waals surface area contributed by atoms with Gasteiger partial charge in [-0.05, 0) is 13.3 Å². The van der Waals surface area contributed by atoms with E-state index < -0.39 is 6.10 Å². The smallest absolute Gasteiger partial charge is 0.306 e. The fourth-order valence-corrected chi connectivity index (χ4v) is 1.11. The Balaban J connectivity index is 2.42. The molecule has 0 bridgehead atoms. The standard InChI is InChI=1S/C8H12O3/c1-2-3-6(9)7-4-5-8(10)11-7/h2-3,6-7,9H,4-5H2,1H3/b3-2+/t6-,7+/m1/s1. The molecule has 1 saturated heterocycles. The maximum atomic E-state index is 10.6. The van der Waals surface area contributed by atoms with Crippen LogP contribution >= 0.6 is 0 Å². The first-order valence-corrected chi connectivity index (χ1v) is 3.74. The van der Waals surface area contributed by atoms with Crippen molar-refractivity contribution in [3.63, 3.8) is 0 Å². The SMILES string of the molecule is C/C=C/[C@@H](O)[C@@H]1CCC(=O)O1. The molecule has 1 aliphatic heterocycles. The number of esters is 1. The van der Waals surface area contributed by atoms with Gasteiger partial charge in [0.1, 0.15) is 12.2 Å². The zero-order chi connectivity index (χ0) is 8.27. The highest BCUT2D eigenvalue weighted by molar-refractivity contribution is 5.71. The first-order valence-electron chi connectivity index (χ1n) is 3.74. The van der Waals surface area contributed by atoms with Crippen LogP contribution in [0.2, 0.25) is 0 Å². The van der Waals surface area contributed by atoms with E-state index in [1.165, 1.54) is 0 Å². The van der Waals surface area contributed by atoms with Crippen molar-refractivity contribution >= 4 is 5.97 Å². The third-order valence-corrected chi connectivity index (χ3v) is 1.69. The summed E-state index contributed by atoms with van der Waals surface area (Å²) in [5, 5.41) is 9.30. The lowest BCUT2D eigenvalue weighted by Gasteiger charge is -2.12. The zero-order valence-electron chi connectivity index (χ0n) is 6.49. The highest BCUT2D eigenvalue weighted by Gasteiger charge is 2.27. The molecule has 0 aliphatic carbocycles. The van der Waals surface area contributed by atoms with Crippen LogP contribution in [-0.4, -0.2) is 23.3 Å². The van der Waals surface area contributed by atoms with Crippen molar-refractivity contribution in [2.45, 2.75) is 32.0 Å². The number of rotatable bonds is 2. The molecule has 3 heteroatoms. The average molecular weight is 156 g/mol. The third-order valence-electron chi connectivity index (χ3n) is 1.69. The summed E-state index contributed by atoms with van der Waals surface area (Å²) >= 11 is 0. The second-order valence-corrected chi connectivity index (χ2v) is 2.58. The van der Waals surface area contributed by atoms with Crippen molar-refractivity contribution in [1.82, 2.24) is 0 Å². The Hall–Kier alpha value is -0.830.